The molecule has 9 heteroatoms. The average molecular weight is 927 g/mol. The van der Waals surface area contributed by atoms with Gasteiger partial charge in [0, 0.05) is 13.0 Å². The summed E-state index contributed by atoms with van der Waals surface area (Å²) in [7, 11) is 1.62. The van der Waals surface area contributed by atoms with Gasteiger partial charge in [-0.05, 0) is 103 Å². The number of nitrogens with zero attached hydrogens (tertiary/aromatic N) is 1. The van der Waals surface area contributed by atoms with Gasteiger partial charge >= 0.3 is 13.8 Å². The first-order valence-electron chi connectivity index (χ1n) is 25.6. The summed E-state index contributed by atoms with van der Waals surface area (Å²) in [5.41, 5.74) is 0. The zero-order chi connectivity index (χ0) is 47.6. The number of carbonyl (C=O) groups is 1. The van der Waals surface area contributed by atoms with Crippen LogP contribution in [0.1, 0.15) is 181 Å². The summed E-state index contributed by atoms with van der Waals surface area (Å²) in [5.74, 6) is -0.338. The van der Waals surface area contributed by atoms with E-state index in [2.05, 4.69) is 123 Å². The topological polar surface area (TPSA) is 91.3 Å². The van der Waals surface area contributed by atoms with E-state index in [0.717, 1.165) is 89.9 Å². The molecule has 2 unspecified atom stereocenters. The van der Waals surface area contributed by atoms with Crippen molar-refractivity contribution in [2.75, 3.05) is 54.1 Å². The number of ether oxygens (including phenoxy) is 2. The number of phosphoric ester groups is 1. The molecule has 0 fully saturated rings. The van der Waals surface area contributed by atoms with Gasteiger partial charge in [-0.25, -0.2) is 4.57 Å². The molecule has 65 heavy (non-hydrogen) atoms. The lowest BCUT2D eigenvalue weighted by atomic mass is 10.1. The average Bonchev–Trinajstić information content (AvgIpc) is 3.27. The molecule has 0 rings (SSSR count). The number of rotatable bonds is 46. The van der Waals surface area contributed by atoms with Gasteiger partial charge in [-0.3, -0.25) is 13.8 Å². The van der Waals surface area contributed by atoms with E-state index < -0.39 is 13.9 Å². The Bertz CT molecular complexity index is 1400. The fourth-order valence-corrected chi connectivity index (χ4v) is 7.13. The maximum atomic E-state index is 12.8. The maximum Gasteiger partial charge on any atom is 0.472 e. The molecule has 0 aromatic rings. The van der Waals surface area contributed by atoms with Crippen molar-refractivity contribution in [3.8, 4) is 0 Å². The number of phosphoric acid groups is 1. The number of allylic oxidation sites excluding steroid dienone is 18. The Morgan fingerprint density at radius 2 is 0.892 bits per heavy atom. The molecule has 0 aromatic carbocycles. The molecule has 0 heterocycles. The van der Waals surface area contributed by atoms with Crippen molar-refractivity contribution in [2.24, 2.45) is 0 Å². The summed E-state index contributed by atoms with van der Waals surface area (Å²) in [6.07, 6.45) is 67.1. The summed E-state index contributed by atoms with van der Waals surface area (Å²) in [4.78, 5) is 23.0. The zero-order valence-electron chi connectivity index (χ0n) is 42.2. The molecule has 0 saturated carbocycles. The molecule has 0 aliphatic heterocycles. The summed E-state index contributed by atoms with van der Waals surface area (Å²) in [6, 6.07) is 0. The largest absolute Gasteiger partial charge is 0.472 e. The van der Waals surface area contributed by atoms with E-state index in [-0.39, 0.29) is 25.8 Å². The highest BCUT2D eigenvalue weighted by atomic mass is 31.2. The third kappa shape index (κ3) is 52.0. The zero-order valence-corrected chi connectivity index (χ0v) is 43.1. The van der Waals surface area contributed by atoms with Gasteiger partial charge in [0.25, 0.3) is 0 Å². The fraction of sp³-hybridized carbons (Fsp3) is 0.661. The number of unbranched alkanes of at least 4 members (excludes halogenated alkanes) is 14. The lowest BCUT2D eigenvalue weighted by molar-refractivity contribution is -0.870. The van der Waals surface area contributed by atoms with E-state index in [1.807, 2.05) is 21.1 Å². The number of hydrogen-bond donors (Lipinski definition) is 1. The Morgan fingerprint density at radius 1 is 0.492 bits per heavy atom. The van der Waals surface area contributed by atoms with E-state index in [9.17, 15) is 14.3 Å². The smallest absolute Gasteiger partial charge is 0.457 e. The minimum Gasteiger partial charge on any atom is -0.457 e. The maximum absolute atomic E-state index is 12.8. The van der Waals surface area contributed by atoms with Gasteiger partial charge in [-0.15, -0.1) is 0 Å². The summed E-state index contributed by atoms with van der Waals surface area (Å²) >= 11 is 0. The van der Waals surface area contributed by atoms with Crippen LogP contribution in [-0.2, 0) is 27.9 Å². The number of likely N-dealkylation sites (N-methyl/N-ethyl adjacent to an activating group) is 1. The van der Waals surface area contributed by atoms with Crippen molar-refractivity contribution in [1.82, 2.24) is 0 Å². The molecule has 2 atom stereocenters. The molecule has 8 nitrogen and oxygen atoms in total. The highest BCUT2D eigenvalue weighted by molar-refractivity contribution is 7.47. The first-order valence-corrected chi connectivity index (χ1v) is 27.1. The van der Waals surface area contributed by atoms with Crippen molar-refractivity contribution < 1.29 is 37.3 Å². The van der Waals surface area contributed by atoms with Crippen LogP contribution < -0.4 is 0 Å². The normalized spacial score (nSPS) is 14.5. The Labute approximate surface area is 400 Å². The van der Waals surface area contributed by atoms with Crippen LogP contribution in [0.25, 0.3) is 0 Å². The molecule has 0 aliphatic rings. The molecule has 0 amide bonds. The van der Waals surface area contributed by atoms with Crippen LogP contribution in [-0.4, -0.2) is 75.6 Å². The molecule has 0 aromatic heterocycles. The van der Waals surface area contributed by atoms with Crippen molar-refractivity contribution in [3.05, 3.63) is 109 Å². The van der Waals surface area contributed by atoms with E-state index >= 15 is 0 Å². The van der Waals surface area contributed by atoms with Crippen LogP contribution in [0, 0.1) is 0 Å². The van der Waals surface area contributed by atoms with E-state index in [0.29, 0.717) is 24.1 Å². The van der Waals surface area contributed by atoms with Crippen LogP contribution in [0.15, 0.2) is 109 Å². The van der Waals surface area contributed by atoms with E-state index in [4.69, 9.17) is 18.5 Å². The summed E-state index contributed by atoms with van der Waals surface area (Å²) in [6.45, 7) is 5.34. The van der Waals surface area contributed by atoms with Crippen molar-refractivity contribution in [3.63, 3.8) is 0 Å². The molecular weight excluding hydrogens is 830 g/mol. The van der Waals surface area contributed by atoms with Gasteiger partial charge < -0.3 is 18.9 Å². The predicted octanol–water partition coefficient (Wildman–Crippen LogP) is 15.9. The molecule has 0 radical (unpaired) electrons. The number of esters is 1. The van der Waals surface area contributed by atoms with Crippen LogP contribution in [0.2, 0.25) is 0 Å². The van der Waals surface area contributed by atoms with Crippen LogP contribution in [0.4, 0.5) is 0 Å². The Hall–Kier alpha value is -2.84. The number of carbonyl (C=O) groups excluding carboxylic acids is 1. The summed E-state index contributed by atoms with van der Waals surface area (Å²) < 4.78 is 35.1. The molecule has 0 saturated heterocycles. The predicted molar refractivity (Wildman–Crippen MR) is 279 cm³/mol. The first kappa shape index (κ1) is 62.2. The van der Waals surface area contributed by atoms with E-state index in [1.165, 1.54) is 70.6 Å². The molecule has 0 spiro atoms. The molecule has 0 aliphatic carbocycles. The highest BCUT2D eigenvalue weighted by Gasteiger charge is 2.26. The highest BCUT2D eigenvalue weighted by Crippen LogP contribution is 2.43. The Kier molecular flexibility index (Phi) is 45.6. The van der Waals surface area contributed by atoms with Crippen molar-refractivity contribution in [1.29, 1.82) is 0 Å². The lowest BCUT2D eigenvalue weighted by Gasteiger charge is -2.24. The monoisotopic (exact) mass is 927 g/mol. The van der Waals surface area contributed by atoms with Gasteiger partial charge in [-0.1, -0.05) is 181 Å². The van der Waals surface area contributed by atoms with Gasteiger partial charge in [0.05, 0.1) is 34.4 Å². The second kappa shape index (κ2) is 47.6. The van der Waals surface area contributed by atoms with Crippen molar-refractivity contribution in [2.45, 2.75) is 187 Å². The molecule has 372 valence electrons. The second-order valence-electron chi connectivity index (χ2n) is 17.8. The molecule has 1 N–H and O–H groups in total. The summed E-state index contributed by atoms with van der Waals surface area (Å²) in [5, 5.41) is 0. The van der Waals surface area contributed by atoms with Crippen LogP contribution in [0.3, 0.4) is 0 Å². The minimum absolute atomic E-state index is 0.0727. The minimum atomic E-state index is -4.30. The second-order valence-corrected chi connectivity index (χ2v) is 19.3. The van der Waals surface area contributed by atoms with Crippen molar-refractivity contribution >= 4 is 13.8 Å². The SMILES string of the molecule is CC/C=C\C/C=C\C/C=C\C/C=C\C/C=C\C/C=C\C/C=C\CCCCOCC(COP(=O)(O)OCC[N+](C)(C)C)OC(=O)CCCCCCCCCCC/C=C\C/C=C\CCCCC. The van der Waals surface area contributed by atoms with Gasteiger partial charge in [0.1, 0.15) is 19.3 Å². The quantitative estimate of drug-likeness (QED) is 0.0214. The first-order chi connectivity index (χ1) is 31.6. The van der Waals surface area contributed by atoms with Gasteiger partial charge in [0.15, 0.2) is 0 Å². The number of quaternary nitrogens is 1. The lowest BCUT2D eigenvalue weighted by Crippen LogP contribution is -2.37. The third-order valence-electron chi connectivity index (χ3n) is 10.3. The van der Waals surface area contributed by atoms with Gasteiger partial charge in [-0.2, -0.15) is 0 Å². The Balaban J connectivity index is 4.28. The molecule has 0 bridgehead atoms. The fourth-order valence-electron chi connectivity index (χ4n) is 6.39. The number of hydrogen-bond acceptors (Lipinski definition) is 6. The molecular formula is C56H97NO7P+. The standard InChI is InChI=1S/C56H96NO7P/c1-6-8-10-12-14-16-18-20-22-24-26-27-28-29-30-32-34-36-38-40-42-44-46-48-51-61-53-55(54-63-65(59,60)62-52-50-57(3,4)5)64-56(58)49-47-45-43-41-39-37-35-33-31-25-23-21-19-17-15-13-11-9-7-2/h8,10,14-17,20-23,26-27,29-30,34,36,40,42,55H,6-7,9,11-13,18-19,24-25,28,31-33,35,37-39,41,43-54H2,1-5H3/p+1/b10-8-,16-14-,17-15-,22-20-,23-21-,27-26-,30-29-,36-34-,42-40-. The van der Waals surface area contributed by atoms with Crippen LogP contribution >= 0.6 is 7.82 Å². The van der Waals surface area contributed by atoms with Gasteiger partial charge in [0.2, 0.25) is 0 Å². The van der Waals surface area contributed by atoms with E-state index in [1.54, 1.807) is 0 Å². The Morgan fingerprint density at radius 3 is 1.34 bits per heavy atom. The van der Waals surface area contributed by atoms with Crippen LogP contribution in [0.5, 0.6) is 0 Å². The third-order valence-corrected chi connectivity index (χ3v) is 11.3.